The smallest absolute Gasteiger partial charge is 0.123 e. The monoisotopic (exact) mass is 262 g/mol. The van der Waals surface area contributed by atoms with Gasteiger partial charge in [0.2, 0.25) is 0 Å². The summed E-state index contributed by atoms with van der Waals surface area (Å²) in [4.78, 5) is 4.58. The van der Waals surface area contributed by atoms with E-state index in [4.69, 9.17) is 4.74 Å². The molecule has 1 aromatic heterocycles. The molecular weight excluding hydrogens is 244 g/mol. The minimum atomic E-state index is 0.767. The number of ether oxygens (including phenoxy) is 1. The molecule has 0 bridgehead atoms. The molecule has 0 unspecified atom stereocenters. The van der Waals surface area contributed by atoms with Crippen molar-refractivity contribution in [2.45, 2.75) is 19.9 Å². The van der Waals surface area contributed by atoms with Gasteiger partial charge in [-0.2, -0.15) is 0 Å². The number of hydrogen-bond donors (Lipinski definition) is 1. The number of rotatable bonds is 6. The Labute approximate surface area is 112 Å². The predicted molar refractivity (Wildman–Crippen MR) is 76.1 cm³/mol. The maximum absolute atomic E-state index is 5.56. The summed E-state index contributed by atoms with van der Waals surface area (Å²) in [7, 11) is 1.93. The first-order valence-electron chi connectivity index (χ1n) is 6.15. The maximum Gasteiger partial charge on any atom is 0.123 e. The van der Waals surface area contributed by atoms with Crippen LogP contribution in [0.25, 0.3) is 10.6 Å². The summed E-state index contributed by atoms with van der Waals surface area (Å²) < 4.78 is 5.56. The molecular formula is C14H18N2OS. The maximum atomic E-state index is 5.56. The fourth-order valence-corrected chi connectivity index (χ4v) is 2.44. The molecule has 2 aromatic rings. The van der Waals surface area contributed by atoms with E-state index in [9.17, 15) is 0 Å². The highest BCUT2D eigenvalue weighted by atomic mass is 32.1. The molecule has 96 valence electrons. The average Bonchev–Trinajstić information content (AvgIpc) is 2.86. The Balaban J connectivity index is 2.07. The van der Waals surface area contributed by atoms with Crippen molar-refractivity contribution >= 4 is 11.3 Å². The van der Waals surface area contributed by atoms with Crippen LogP contribution in [0.5, 0.6) is 5.75 Å². The van der Waals surface area contributed by atoms with Gasteiger partial charge in [-0.1, -0.05) is 6.92 Å². The summed E-state index contributed by atoms with van der Waals surface area (Å²) in [5.41, 5.74) is 2.23. The molecule has 0 spiro atoms. The minimum absolute atomic E-state index is 0.767. The summed E-state index contributed by atoms with van der Waals surface area (Å²) in [6.45, 7) is 3.68. The number of hydrogen-bond acceptors (Lipinski definition) is 4. The van der Waals surface area contributed by atoms with Crippen molar-refractivity contribution in [3.05, 3.63) is 35.3 Å². The molecule has 0 radical (unpaired) electrons. The van der Waals surface area contributed by atoms with Crippen LogP contribution in [0, 0.1) is 0 Å². The molecule has 0 aliphatic heterocycles. The largest absolute Gasteiger partial charge is 0.494 e. The fraction of sp³-hybridized carbons (Fsp3) is 0.357. The van der Waals surface area contributed by atoms with Gasteiger partial charge in [-0.25, -0.2) is 4.98 Å². The lowest BCUT2D eigenvalue weighted by Gasteiger charge is -2.04. The molecule has 0 saturated carbocycles. The van der Waals surface area contributed by atoms with Crippen molar-refractivity contribution < 1.29 is 4.74 Å². The zero-order valence-electron chi connectivity index (χ0n) is 10.8. The van der Waals surface area contributed by atoms with Crippen molar-refractivity contribution in [3.63, 3.8) is 0 Å². The Kier molecular flexibility index (Phi) is 4.73. The molecule has 0 aliphatic rings. The molecule has 0 atom stereocenters. The molecule has 2 rings (SSSR count). The van der Waals surface area contributed by atoms with Crippen LogP contribution in [0.15, 0.2) is 29.6 Å². The van der Waals surface area contributed by atoms with Gasteiger partial charge >= 0.3 is 0 Å². The van der Waals surface area contributed by atoms with Crippen molar-refractivity contribution in [1.29, 1.82) is 0 Å². The van der Waals surface area contributed by atoms with Gasteiger partial charge in [-0.05, 0) is 37.7 Å². The van der Waals surface area contributed by atoms with Gasteiger partial charge in [0.1, 0.15) is 10.8 Å². The van der Waals surface area contributed by atoms with E-state index in [2.05, 4.69) is 34.7 Å². The van der Waals surface area contributed by atoms with Crippen LogP contribution in [0.4, 0.5) is 0 Å². The number of aromatic nitrogens is 1. The number of benzene rings is 1. The third-order valence-electron chi connectivity index (χ3n) is 2.48. The molecule has 0 aliphatic carbocycles. The normalized spacial score (nSPS) is 10.6. The second kappa shape index (κ2) is 6.52. The third kappa shape index (κ3) is 3.31. The van der Waals surface area contributed by atoms with Gasteiger partial charge < -0.3 is 10.1 Å². The van der Waals surface area contributed by atoms with E-state index in [-0.39, 0.29) is 0 Å². The molecule has 0 saturated heterocycles. The van der Waals surface area contributed by atoms with Crippen molar-refractivity contribution in [1.82, 2.24) is 10.3 Å². The highest BCUT2D eigenvalue weighted by Gasteiger charge is 2.04. The van der Waals surface area contributed by atoms with Crippen LogP contribution < -0.4 is 10.1 Å². The van der Waals surface area contributed by atoms with Gasteiger partial charge in [0.15, 0.2) is 0 Å². The first kappa shape index (κ1) is 13.1. The van der Waals surface area contributed by atoms with Crippen LogP contribution in [0.2, 0.25) is 0 Å². The third-order valence-corrected chi connectivity index (χ3v) is 3.42. The Bertz CT molecular complexity index is 479. The second-order valence-electron chi connectivity index (χ2n) is 4.05. The highest BCUT2D eigenvalue weighted by molar-refractivity contribution is 7.13. The van der Waals surface area contributed by atoms with E-state index >= 15 is 0 Å². The Hall–Kier alpha value is -1.39. The van der Waals surface area contributed by atoms with Crippen LogP contribution in [-0.2, 0) is 6.54 Å². The molecule has 0 fully saturated rings. The van der Waals surface area contributed by atoms with Crippen molar-refractivity contribution in [2.24, 2.45) is 0 Å². The summed E-state index contributed by atoms with van der Waals surface area (Å²) in [5, 5.41) is 6.25. The zero-order valence-corrected chi connectivity index (χ0v) is 11.6. The van der Waals surface area contributed by atoms with E-state index in [0.717, 1.165) is 41.6 Å². The lowest BCUT2D eigenvalue weighted by molar-refractivity contribution is 0.317. The number of thiazole rings is 1. The summed E-state index contributed by atoms with van der Waals surface area (Å²) in [6.07, 6.45) is 1.03. The molecule has 1 aromatic carbocycles. The molecule has 0 amide bonds. The Morgan fingerprint density at radius 2 is 2.06 bits per heavy atom. The zero-order chi connectivity index (χ0) is 12.8. The van der Waals surface area contributed by atoms with Gasteiger partial charge in [-0.15, -0.1) is 11.3 Å². The van der Waals surface area contributed by atoms with E-state index in [1.807, 2.05) is 19.2 Å². The predicted octanol–water partition coefficient (Wildman–Crippen LogP) is 3.32. The van der Waals surface area contributed by atoms with Gasteiger partial charge in [-0.3, -0.25) is 0 Å². The van der Waals surface area contributed by atoms with Crippen LogP contribution in [-0.4, -0.2) is 18.6 Å². The fourth-order valence-electron chi connectivity index (χ4n) is 1.62. The van der Waals surface area contributed by atoms with Gasteiger partial charge in [0, 0.05) is 17.5 Å². The highest BCUT2D eigenvalue weighted by Crippen LogP contribution is 2.25. The quantitative estimate of drug-likeness (QED) is 0.867. The number of nitrogens with zero attached hydrogens (tertiary/aromatic N) is 1. The summed E-state index contributed by atoms with van der Waals surface area (Å²) >= 11 is 1.67. The first-order chi connectivity index (χ1) is 8.83. The van der Waals surface area contributed by atoms with Gasteiger partial charge in [0.05, 0.1) is 12.3 Å². The van der Waals surface area contributed by atoms with Crippen molar-refractivity contribution in [3.8, 4) is 16.3 Å². The minimum Gasteiger partial charge on any atom is -0.494 e. The molecule has 1 N–H and O–H groups in total. The van der Waals surface area contributed by atoms with Crippen LogP contribution in [0.1, 0.15) is 19.0 Å². The molecule has 3 nitrogen and oxygen atoms in total. The van der Waals surface area contributed by atoms with Crippen LogP contribution >= 0.6 is 11.3 Å². The summed E-state index contributed by atoms with van der Waals surface area (Å²) in [5.74, 6) is 0.924. The Morgan fingerprint density at radius 1 is 1.28 bits per heavy atom. The SMILES string of the molecule is CCCOc1ccc(-c2nc(CNC)cs2)cc1. The lowest BCUT2D eigenvalue weighted by Crippen LogP contribution is -2.04. The topological polar surface area (TPSA) is 34.1 Å². The standard InChI is InChI=1S/C14H18N2OS/c1-3-8-17-13-6-4-11(5-7-13)14-16-12(9-15-2)10-18-14/h4-7,10,15H,3,8-9H2,1-2H3. The van der Waals surface area contributed by atoms with E-state index in [1.54, 1.807) is 11.3 Å². The molecule has 1 heterocycles. The van der Waals surface area contributed by atoms with E-state index in [0.29, 0.717) is 0 Å². The molecule has 4 heteroatoms. The van der Waals surface area contributed by atoms with E-state index in [1.165, 1.54) is 0 Å². The summed E-state index contributed by atoms with van der Waals surface area (Å²) in [6, 6.07) is 8.13. The number of nitrogens with one attached hydrogen (secondary N) is 1. The first-order valence-corrected chi connectivity index (χ1v) is 7.03. The second-order valence-corrected chi connectivity index (χ2v) is 4.91. The molecule has 18 heavy (non-hydrogen) atoms. The van der Waals surface area contributed by atoms with E-state index < -0.39 is 0 Å². The van der Waals surface area contributed by atoms with Crippen LogP contribution in [0.3, 0.4) is 0 Å². The average molecular weight is 262 g/mol. The Morgan fingerprint density at radius 3 is 2.72 bits per heavy atom. The van der Waals surface area contributed by atoms with Crippen molar-refractivity contribution in [2.75, 3.05) is 13.7 Å². The van der Waals surface area contributed by atoms with Gasteiger partial charge in [0.25, 0.3) is 0 Å². The lowest BCUT2D eigenvalue weighted by atomic mass is 10.2.